The molecule has 7 aromatic rings. The molecular formula is C47H34O4. The molecule has 0 radical (unpaired) electrons. The van der Waals surface area contributed by atoms with Crippen molar-refractivity contribution in [1.82, 2.24) is 0 Å². The molecule has 0 heterocycles. The van der Waals surface area contributed by atoms with Gasteiger partial charge in [0, 0.05) is 16.7 Å². The molecule has 0 spiro atoms. The third kappa shape index (κ3) is 5.81. The molecule has 0 N–H and O–H groups in total. The Morgan fingerprint density at radius 1 is 0.431 bits per heavy atom. The van der Waals surface area contributed by atoms with E-state index >= 15 is 0 Å². The summed E-state index contributed by atoms with van der Waals surface area (Å²) in [6, 6.07) is 55.9. The minimum atomic E-state index is -0.578. The summed E-state index contributed by atoms with van der Waals surface area (Å²) in [5.41, 5.74) is 9.53. The molecule has 0 saturated carbocycles. The first-order valence-electron chi connectivity index (χ1n) is 17.0. The number of carbonyl (C=O) groups excluding carboxylic acids is 2. The van der Waals surface area contributed by atoms with Gasteiger partial charge in [0.2, 0.25) is 0 Å². The summed E-state index contributed by atoms with van der Waals surface area (Å²) in [7, 11) is 0. The maximum atomic E-state index is 13.0. The van der Waals surface area contributed by atoms with Gasteiger partial charge in [-0.25, -0.2) is 0 Å². The fourth-order valence-corrected chi connectivity index (χ4v) is 7.15. The number of ketones is 2. The zero-order chi connectivity index (χ0) is 35.0. The highest BCUT2D eigenvalue weighted by Gasteiger charge is 2.45. The smallest absolute Gasteiger partial charge is 0.193 e. The minimum absolute atomic E-state index is 0.0174. The Kier molecular flexibility index (Phi) is 8.13. The summed E-state index contributed by atoms with van der Waals surface area (Å²) in [5.74, 6) is 2.73. The van der Waals surface area contributed by atoms with Gasteiger partial charge in [-0.05, 0) is 120 Å². The largest absolute Gasteiger partial charge is 0.457 e. The molecule has 1 aliphatic rings. The van der Waals surface area contributed by atoms with Gasteiger partial charge in [-0.2, -0.15) is 0 Å². The van der Waals surface area contributed by atoms with Crippen molar-refractivity contribution in [2.24, 2.45) is 0 Å². The Morgan fingerprint density at radius 2 is 0.784 bits per heavy atom. The number of carbonyl (C=O) groups is 2. The fraction of sp³-hybridized carbons (Fsp3) is 0.0638. The standard InChI is InChI=1S/C47H34O4/c1-31-11-13-34(14-12-31)46(49)35-17-25-39(26-18-35)51-41-29-21-37(22-30-41)47(44-9-5-3-7-42(44)43-8-4-6-10-45(43)47)36-19-27-40(28-20-36)50-38-23-15-33(16-24-38)32(2)48/h3-30H,1-2H3. The summed E-state index contributed by atoms with van der Waals surface area (Å²) < 4.78 is 12.5. The van der Waals surface area contributed by atoms with Crippen molar-refractivity contribution >= 4 is 11.6 Å². The van der Waals surface area contributed by atoms with Gasteiger partial charge < -0.3 is 9.47 Å². The SMILES string of the molecule is CC(=O)c1ccc(Oc2ccc(C3(c4ccc(Oc5ccc(C(=O)c6ccc(C)cc6)cc5)cc4)c4ccccc4-c4ccccc43)cc2)cc1. The Balaban J connectivity index is 1.12. The molecule has 4 nitrogen and oxygen atoms in total. The van der Waals surface area contributed by atoms with Gasteiger partial charge >= 0.3 is 0 Å². The average molecular weight is 663 g/mol. The molecule has 0 aliphatic heterocycles. The van der Waals surface area contributed by atoms with Gasteiger partial charge in [0.15, 0.2) is 11.6 Å². The zero-order valence-corrected chi connectivity index (χ0v) is 28.3. The van der Waals surface area contributed by atoms with Gasteiger partial charge in [0.05, 0.1) is 5.41 Å². The predicted molar refractivity (Wildman–Crippen MR) is 201 cm³/mol. The van der Waals surface area contributed by atoms with E-state index in [1.165, 1.54) is 22.3 Å². The van der Waals surface area contributed by atoms with Crippen LogP contribution >= 0.6 is 0 Å². The van der Waals surface area contributed by atoms with Crippen molar-refractivity contribution in [1.29, 1.82) is 0 Å². The first-order valence-corrected chi connectivity index (χ1v) is 17.0. The normalized spacial score (nSPS) is 12.4. The number of hydrogen-bond acceptors (Lipinski definition) is 4. The lowest BCUT2D eigenvalue weighted by atomic mass is 9.68. The second-order valence-electron chi connectivity index (χ2n) is 12.9. The van der Waals surface area contributed by atoms with Crippen LogP contribution in [0.1, 0.15) is 61.0 Å². The lowest BCUT2D eigenvalue weighted by Gasteiger charge is -2.34. The van der Waals surface area contributed by atoms with E-state index in [1.807, 2.05) is 91.9 Å². The van der Waals surface area contributed by atoms with Gasteiger partial charge in [0.25, 0.3) is 0 Å². The third-order valence-corrected chi connectivity index (χ3v) is 9.69. The summed E-state index contributed by atoms with van der Waals surface area (Å²) in [6.45, 7) is 3.56. The van der Waals surface area contributed by atoms with Gasteiger partial charge in [-0.15, -0.1) is 0 Å². The summed E-state index contributed by atoms with van der Waals surface area (Å²) in [5, 5.41) is 0. The highest BCUT2D eigenvalue weighted by Crippen LogP contribution is 2.56. The molecule has 0 unspecified atom stereocenters. The minimum Gasteiger partial charge on any atom is -0.457 e. The number of ether oxygens (including phenoxy) is 2. The molecular weight excluding hydrogens is 629 g/mol. The van der Waals surface area contributed by atoms with E-state index in [-0.39, 0.29) is 11.6 Å². The van der Waals surface area contributed by atoms with Crippen molar-refractivity contribution in [3.05, 3.63) is 214 Å². The summed E-state index contributed by atoms with van der Waals surface area (Å²) in [4.78, 5) is 24.7. The van der Waals surface area contributed by atoms with Crippen molar-refractivity contribution < 1.29 is 19.1 Å². The molecule has 0 atom stereocenters. The maximum Gasteiger partial charge on any atom is 0.193 e. The van der Waals surface area contributed by atoms with E-state index in [0.717, 1.165) is 16.7 Å². The van der Waals surface area contributed by atoms with Crippen LogP contribution in [-0.4, -0.2) is 11.6 Å². The van der Waals surface area contributed by atoms with Crippen LogP contribution in [0.3, 0.4) is 0 Å². The monoisotopic (exact) mass is 662 g/mol. The van der Waals surface area contributed by atoms with E-state index in [9.17, 15) is 9.59 Å². The number of rotatable bonds is 9. The molecule has 1 aliphatic carbocycles. The van der Waals surface area contributed by atoms with Crippen molar-refractivity contribution in [3.8, 4) is 34.1 Å². The molecule has 246 valence electrons. The molecule has 0 fully saturated rings. The highest BCUT2D eigenvalue weighted by atomic mass is 16.5. The van der Waals surface area contributed by atoms with Crippen LogP contribution in [0.2, 0.25) is 0 Å². The lowest BCUT2D eigenvalue weighted by Crippen LogP contribution is -2.28. The van der Waals surface area contributed by atoms with Crippen LogP contribution in [0.5, 0.6) is 23.0 Å². The number of hydrogen-bond donors (Lipinski definition) is 0. The molecule has 7 aromatic carbocycles. The Bertz CT molecular complexity index is 2320. The summed E-state index contributed by atoms with van der Waals surface area (Å²) in [6.07, 6.45) is 0. The number of benzene rings is 7. The predicted octanol–water partition coefficient (Wildman–Crippen LogP) is 11.4. The zero-order valence-electron chi connectivity index (χ0n) is 28.3. The van der Waals surface area contributed by atoms with Crippen LogP contribution in [0.15, 0.2) is 170 Å². The Morgan fingerprint density at radius 3 is 1.20 bits per heavy atom. The second kappa shape index (κ2) is 13.1. The quantitative estimate of drug-likeness (QED) is 0.144. The molecule has 0 amide bonds. The molecule has 51 heavy (non-hydrogen) atoms. The van der Waals surface area contributed by atoms with E-state index in [4.69, 9.17) is 9.47 Å². The van der Waals surface area contributed by atoms with Gasteiger partial charge in [-0.3, -0.25) is 9.59 Å². The van der Waals surface area contributed by atoms with E-state index in [2.05, 4.69) is 72.8 Å². The number of aryl methyl sites for hydroxylation is 1. The van der Waals surface area contributed by atoms with Crippen molar-refractivity contribution in [3.63, 3.8) is 0 Å². The molecule has 0 aromatic heterocycles. The lowest BCUT2D eigenvalue weighted by molar-refractivity contribution is 0.101. The summed E-state index contributed by atoms with van der Waals surface area (Å²) >= 11 is 0. The average Bonchev–Trinajstić information content (AvgIpc) is 3.47. The first kappa shape index (κ1) is 31.7. The Hall–Kier alpha value is -6.52. The van der Waals surface area contributed by atoms with Gasteiger partial charge in [-0.1, -0.05) is 103 Å². The van der Waals surface area contributed by atoms with Crippen molar-refractivity contribution in [2.45, 2.75) is 19.3 Å². The molecule has 0 saturated heterocycles. The topological polar surface area (TPSA) is 52.6 Å². The second-order valence-corrected chi connectivity index (χ2v) is 12.9. The Labute approximate surface area is 297 Å². The van der Waals surface area contributed by atoms with E-state index < -0.39 is 5.41 Å². The maximum absolute atomic E-state index is 13.0. The molecule has 8 rings (SSSR count). The molecule has 4 heteroatoms. The van der Waals surface area contributed by atoms with Crippen LogP contribution in [0, 0.1) is 6.92 Å². The van der Waals surface area contributed by atoms with Crippen LogP contribution in [0.25, 0.3) is 11.1 Å². The number of fused-ring (bicyclic) bond motifs is 3. The van der Waals surface area contributed by atoms with E-state index in [1.54, 1.807) is 19.1 Å². The molecule has 0 bridgehead atoms. The fourth-order valence-electron chi connectivity index (χ4n) is 7.15. The van der Waals surface area contributed by atoms with Crippen molar-refractivity contribution in [2.75, 3.05) is 0 Å². The third-order valence-electron chi connectivity index (χ3n) is 9.69. The highest BCUT2D eigenvalue weighted by molar-refractivity contribution is 6.09. The van der Waals surface area contributed by atoms with Gasteiger partial charge in [0.1, 0.15) is 23.0 Å². The van der Waals surface area contributed by atoms with E-state index in [0.29, 0.717) is 39.7 Å². The van der Waals surface area contributed by atoms with Crippen LogP contribution in [0.4, 0.5) is 0 Å². The van der Waals surface area contributed by atoms with Crippen LogP contribution in [-0.2, 0) is 5.41 Å². The first-order chi connectivity index (χ1) is 24.9. The van der Waals surface area contributed by atoms with Crippen LogP contribution < -0.4 is 9.47 Å². The number of Topliss-reactive ketones (excluding diaryl/α,β-unsaturated/α-hetero) is 1.